The molecule has 13 heteroatoms. The topological polar surface area (TPSA) is 37.4 Å². The summed E-state index contributed by atoms with van der Waals surface area (Å²) in [4.78, 5) is 5.28. The SMILES string of the molecule is CC(C)(N[C@@H]1C[C@H](c2cccc(OC(F)(F)F)c2)N(c2ccc(C(F)(F)F)cc2)C1)c1ccc(C(F)(F)F)nc1. The van der Waals surface area contributed by atoms with Crippen LogP contribution in [0.15, 0.2) is 66.9 Å². The Bertz CT molecular complexity index is 1300. The summed E-state index contributed by atoms with van der Waals surface area (Å²) in [7, 11) is 0. The Morgan fingerprint density at radius 2 is 1.48 bits per heavy atom. The van der Waals surface area contributed by atoms with Crippen LogP contribution in [0.3, 0.4) is 0 Å². The minimum atomic E-state index is -4.91. The molecule has 0 bridgehead atoms. The molecule has 40 heavy (non-hydrogen) atoms. The number of halogens is 9. The van der Waals surface area contributed by atoms with E-state index in [-0.39, 0.29) is 12.6 Å². The van der Waals surface area contributed by atoms with E-state index >= 15 is 0 Å². The van der Waals surface area contributed by atoms with Crippen LogP contribution >= 0.6 is 0 Å². The predicted octanol–water partition coefficient (Wildman–Crippen LogP) is 7.86. The molecule has 0 saturated carbocycles. The van der Waals surface area contributed by atoms with Crippen molar-refractivity contribution in [3.8, 4) is 5.75 Å². The third kappa shape index (κ3) is 6.98. The molecule has 0 spiro atoms. The molecule has 2 heterocycles. The molecule has 0 radical (unpaired) electrons. The second-order valence-corrected chi connectivity index (χ2v) is 9.96. The summed E-state index contributed by atoms with van der Waals surface area (Å²) in [6.45, 7) is 3.73. The second-order valence-electron chi connectivity index (χ2n) is 9.96. The summed E-state index contributed by atoms with van der Waals surface area (Å²) >= 11 is 0. The zero-order chi connectivity index (χ0) is 29.5. The molecule has 1 aliphatic heterocycles. The smallest absolute Gasteiger partial charge is 0.406 e. The van der Waals surface area contributed by atoms with Crippen LogP contribution in [0.5, 0.6) is 5.75 Å². The molecular formula is C27H24F9N3O. The van der Waals surface area contributed by atoms with Gasteiger partial charge in [0, 0.05) is 30.0 Å². The third-order valence-corrected chi connectivity index (χ3v) is 6.64. The molecule has 1 fully saturated rings. The summed E-state index contributed by atoms with van der Waals surface area (Å²) in [6, 6.07) is 11.1. The molecule has 216 valence electrons. The lowest BCUT2D eigenvalue weighted by atomic mass is 9.93. The van der Waals surface area contributed by atoms with Crippen LogP contribution in [0, 0.1) is 0 Å². The molecule has 2 atom stereocenters. The Morgan fingerprint density at radius 3 is 2.02 bits per heavy atom. The zero-order valence-electron chi connectivity index (χ0n) is 21.1. The lowest BCUT2D eigenvalue weighted by Crippen LogP contribution is -2.45. The molecule has 1 saturated heterocycles. The van der Waals surface area contributed by atoms with Crippen molar-refractivity contribution < 1.29 is 44.3 Å². The number of anilines is 1. The number of nitrogens with zero attached hydrogens (tertiary/aromatic N) is 2. The number of hydrogen-bond donors (Lipinski definition) is 1. The van der Waals surface area contributed by atoms with E-state index < -0.39 is 47.3 Å². The average molecular weight is 577 g/mol. The molecule has 0 unspecified atom stereocenters. The first-order valence-electron chi connectivity index (χ1n) is 12.0. The molecule has 4 nitrogen and oxygen atoms in total. The number of pyridine rings is 1. The van der Waals surface area contributed by atoms with Crippen LogP contribution in [0.4, 0.5) is 45.2 Å². The van der Waals surface area contributed by atoms with Crippen molar-refractivity contribution in [2.75, 3.05) is 11.4 Å². The van der Waals surface area contributed by atoms with Crippen molar-refractivity contribution >= 4 is 5.69 Å². The fourth-order valence-corrected chi connectivity index (χ4v) is 4.83. The number of benzene rings is 2. The first-order valence-corrected chi connectivity index (χ1v) is 12.0. The highest BCUT2D eigenvalue weighted by Crippen LogP contribution is 2.40. The molecule has 1 aromatic heterocycles. The van der Waals surface area contributed by atoms with E-state index in [1.54, 1.807) is 24.8 Å². The number of ether oxygens (including phenoxy) is 1. The lowest BCUT2D eigenvalue weighted by molar-refractivity contribution is -0.274. The van der Waals surface area contributed by atoms with Crippen molar-refractivity contribution in [3.63, 3.8) is 0 Å². The van der Waals surface area contributed by atoms with Gasteiger partial charge in [-0.1, -0.05) is 18.2 Å². The molecule has 0 amide bonds. The van der Waals surface area contributed by atoms with Crippen LogP contribution in [0.25, 0.3) is 0 Å². The van der Waals surface area contributed by atoms with Gasteiger partial charge in [-0.3, -0.25) is 4.98 Å². The van der Waals surface area contributed by atoms with Gasteiger partial charge in [-0.15, -0.1) is 13.2 Å². The highest BCUT2D eigenvalue weighted by Gasteiger charge is 2.39. The predicted molar refractivity (Wildman–Crippen MR) is 128 cm³/mol. The summed E-state index contributed by atoms with van der Waals surface area (Å²) in [5, 5.41) is 3.36. The molecule has 1 aliphatic rings. The Kier molecular flexibility index (Phi) is 7.74. The van der Waals surface area contributed by atoms with Crippen molar-refractivity contribution in [2.45, 2.75) is 56.6 Å². The fourth-order valence-electron chi connectivity index (χ4n) is 4.83. The first kappa shape index (κ1) is 29.5. The molecule has 0 aliphatic carbocycles. The molecule has 2 aromatic carbocycles. The van der Waals surface area contributed by atoms with E-state index in [1.165, 1.54) is 30.3 Å². The lowest BCUT2D eigenvalue weighted by Gasteiger charge is -2.31. The standard InChI is InChI=1S/C27H24F9N3O/c1-24(2,18-8-11-23(37-14-18)26(31,32)33)38-19-13-22(16-4-3-5-21(12-16)40-27(34,35)36)39(15-19)20-9-6-17(7-10-20)25(28,29)30/h3-12,14,19,22,38H,13,15H2,1-2H3/t19-,22-/m1/s1. The van der Waals surface area contributed by atoms with Gasteiger partial charge in [-0.05, 0) is 73.9 Å². The van der Waals surface area contributed by atoms with E-state index in [0.717, 1.165) is 30.5 Å². The summed E-state index contributed by atoms with van der Waals surface area (Å²) in [5.41, 5.74) is -1.44. The zero-order valence-corrected chi connectivity index (χ0v) is 21.1. The molecule has 4 rings (SSSR count). The monoisotopic (exact) mass is 577 g/mol. The maximum absolute atomic E-state index is 13.1. The van der Waals surface area contributed by atoms with Crippen molar-refractivity contribution in [2.24, 2.45) is 0 Å². The van der Waals surface area contributed by atoms with Gasteiger partial charge in [0.05, 0.1) is 11.6 Å². The Balaban J connectivity index is 1.63. The Morgan fingerprint density at radius 1 is 0.825 bits per heavy atom. The number of aromatic nitrogens is 1. The minimum Gasteiger partial charge on any atom is -0.406 e. The van der Waals surface area contributed by atoms with Crippen molar-refractivity contribution in [1.82, 2.24) is 10.3 Å². The van der Waals surface area contributed by atoms with E-state index in [0.29, 0.717) is 23.2 Å². The molecular weight excluding hydrogens is 553 g/mol. The van der Waals surface area contributed by atoms with Gasteiger partial charge < -0.3 is 15.0 Å². The molecule has 3 aromatic rings. The highest BCUT2D eigenvalue weighted by atomic mass is 19.4. The van der Waals surface area contributed by atoms with Gasteiger partial charge in [0.25, 0.3) is 0 Å². The van der Waals surface area contributed by atoms with Gasteiger partial charge in [0.1, 0.15) is 11.4 Å². The summed E-state index contributed by atoms with van der Waals surface area (Å²) in [6.07, 6.45) is -12.6. The largest absolute Gasteiger partial charge is 0.573 e. The van der Waals surface area contributed by atoms with Crippen LogP contribution in [0.2, 0.25) is 0 Å². The van der Waals surface area contributed by atoms with Gasteiger partial charge in [0.15, 0.2) is 0 Å². The van der Waals surface area contributed by atoms with E-state index in [4.69, 9.17) is 0 Å². The summed E-state index contributed by atoms with van der Waals surface area (Å²) in [5.74, 6) is -0.440. The van der Waals surface area contributed by atoms with Gasteiger partial charge in [-0.25, -0.2) is 0 Å². The summed E-state index contributed by atoms with van der Waals surface area (Å²) < 4.78 is 121. The van der Waals surface area contributed by atoms with Crippen LogP contribution < -0.4 is 15.0 Å². The number of hydrogen-bond acceptors (Lipinski definition) is 4. The van der Waals surface area contributed by atoms with Crippen LogP contribution in [-0.4, -0.2) is 23.9 Å². The van der Waals surface area contributed by atoms with Gasteiger partial charge in [-0.2, -0.15) is 26.3 Å². The first-order chi connectivity index (χ1) is 18.4. The number of nitrogens with one attached hydrogen (secondary N) is 1. The van der Waals surface area contributed by atoms with Crippen molar-refractivity contribution in [3.05, 3.63) is 89.2 Å². The maximum Gasteiger partial charge on any atom is 0.573 e. The number of rotatable bonds is 6. The molecule has 1 N–H and O–H groups in total. The van der Waals surface area contributed by atoms with Crippen LogP contribution in [-0.2, 0) is 17.9 Å². The van der Waals surface area contributed by atoms with Gasteiger partial charge in [0.2, 0.25) is 0 Å². The highest BCUT2D eigenvalue weighted by molar-refractivity contribution is 5.53. The average Bonchev–Trinajstić information content (AvgIpc) is 3.25. The third-order valence-electron chi connectivity index (χ3n) is 6.64. The van der Waals surface area contributed by atoms with E-state index in [1.807, 2.05) is 0 Å². The van der Waals surface area contributed by atoms with Crippen molar-refractivity contribution in [1.29, 1.82) is 0 Å². The van der Waals surface area contributed by atoms with E-state index in [9.17, 15) is 39.5 Å². The van der Waals surface area contributed by atoms with Crippen LogP contribution in [0.1, 0.15) is 48.7 Å². The fraction of sp³-hybridized carbons (Fsp3) is 0.370. The Hall–Kier alpha value is -3.48. The quantitative estimate of drug-likeness (QED) is 0.303. The normalized spacial score (nSPS) is 18.7. The Labute approximate surface area is 223 Å². The second kappa shape index (κ2) is 10.5. The number of alkyl halides is 9. The maximum atomic E-state index is 13.1. The van der Waals surface area contributed by atoms with E-state index in [2.05, 4.69) is 15.0 Å². The minimum absolute atomic E-state index is 0.248. The van der Waals surface area contributed by atoms with Gasteiger partial charge >= 0.3 is 18.7 Å².